The van der Waals surface area contributed by atoms with E-state index in [0.29, 0.717) is 50.1 Å². The molecule has 1 saturated heterocycles. The van der Waals surface area contributed by atoms with Gasteiger partial charge in [0.05, 0.1) is 37.2 Å². The van der Waals surface area contributed by atoms with Crippen molar-refractivity contribution in [3.63, 3.8) is 0 Å². The Bertz CT molecular complexity index is 1190. The van der Waals surface area contributed by atoms with Crippen LogP contribution in [0.1, 0.15) is 35.8 Å². The number of nitrogens with zero attached hydrogens (tertiary/aromatic N) is 4. The molecular formula is C24H25N5O4S. The van der Waals surface area contributed by atoms with E-state index < -0.39 is 0 Å². The van der Waals surface area contributed by atoms with E-state index in [0.717, 1.165) is 23.4 Å². The number of anilines is 2. The van der Waals surface area contributed by atoms with Crippen LogP contribution in [0.4, 0.5) is 10.9 Å². The van der Waals surface area contributed by atoms with E-state index in [4.69, 9.17) is 9.47 Å². The number of aromatic nitrogens is 3. The zero-order valence-electron chi connectivity index (χ0n) is 18.8. The largest absolute Gasteiger partial charge is 0.493 e. The van der Waals surface area contributed by atoms with Crippen LogP contribution in [0.25, 0.3) is 11.3 Å². The Balaban J connectivity index is 1.18. The maximum Gasteiger partial charge on any atom is 0.309 e. The number of benzene rings is 1. The summed E-state index contributed by atoms with van der Waals surface area (Å²) in [5, 5.41) is 5.23. The van der Waals surface area contributed by atoms with Crippen LogP contribution in [0.3, 0.4) is 0 Å². The van der Waals surface area contributed by atoms with Gasteiger partial charge in [0, 0.05) is 30.5 Å². The predicted octanol–water partition coefficient (Wildman–Crippen LogP) is 3.57. The number of carbonyl (C=O) groups is 2. The van der Waals surface area contributed by atoms with Crippen molar-refractivity contribution in [3.8, 4) is 17.0 Å². The Hall–Kier alpha value is -3.53. The third kappa shape index (κ3) is 4.72. The highest BCUT2D eigenvalue weighted by atomic mass is 32.1. The highest BCUT2D eigenvalue weighted by Crippen LogP contribution is 2.32. The van der Waals surface area contributed by atoms with E-state index in [1.54, 1.807) is 6.20 Å². The number of hydrogen-bond acceptors (Lipinski definition) is 9. The molecule has 9 nitrogen and oxygen atoms in total. The SMILES string of the molecule is CCOC(=O)C1CCN(c2cnc(C(=O)Nc3nc(-c4ccc5c(c4)CCO5)cs3)cn2)CC1. The van der Waals surface area contributed by atoms with Gasteiger partial charge in [-0.3, -0.25) is 14.9 Å². The minimum atomic E-state index is -0.358. The molecule has 10 heteroatoms. The average molecular weight is 480 g/mol. The summed E-state index contributed by atoms with van der Waals surface area (Å²) in [6.45, 7) is 4.32. The Morgan fingerprint density at radius 2 is 2.09 bits per heavy atom. The van der Waals surface area contributed by atoms with Crippen molar-refractivity contribution in [1.29, 1.82) is 0 Å². The molecule has 0 saturated carbocycles. The van der Waals surface area contributed by atoms with Gasteiger partial charge < -0.3 is 14.4 Å². The van der Waals surface area contributed by atoms with Crippen molar-refractivity contribution in [2.24, 2.45) is 5.92 Å². The third-order valence-corrected chi connectivity index (χ3v) is 6.78. The second kappa shape index (κ2) is 9.76. The number of esters is 1. The Morgan fingerprint density at radius 1 is 1.24 bits per heavy atom. The lowest BCUT2D eigenvalue weighted by molar-refractivity contribution is -0.148. The van der Waals surface area contributed by atoms with E-state index in [1.807, 2.05) is 24.4 Å². The second-order valence-electron chi connectivity index (χ2n) is 8.19. The number of thiazole rings is 1. The molecule has 1 fully saturated rings. The molecule has 0 unspecified atom stereocenters. The van der Waals surface area contributed by atoms with Crippen molar-refractivity contribution < 1.29 is 19.1 Å². The molecule has 1 N–H and O–H groups in total. The van der Waals surface area contributed by atoms with Gasteiger partial charge in [0.2, 0.25) is 0 Å². The first-order valence-corrected chi connectivity index (χ1v) is 12.3. The van der Waals surface area contributed by atoms with E-state index in [-0.39, 0.29) is 23.5 Å². The molecule has 2 aliphatic heterocycles. The summed E-state index contributed by atoms with van der Waals surface area (Å²) in [5.41, 5.74) is 3.20. The normalized spacial score (nSPS) is 15.5. The number of amides is 1. The lowest BCUT2D eigenvalue weighted by atomic mass is 9.97. The van der Waals surface area contributed by atoms with Gasteiger partial charge in [-0.05, 0) is 43.5 Å². The van der Waals surface area contributed by atoms with E-state index in [9.17, 15) is 9.59 Å². The lowest BCUT2D eigenvalue weighted by Crippen LogP contribution is -2.37. The fourth-order valence-electron chi connectivity index (χ4n) is 4.18. The monoisotopic (exact) mass is 479 g/mol. The van der Waals surface area contributed by atoms with Gasteiger partial charge >= 0.3 is 5.97 Å². The van der Waals surface area contributed by atoms with Gasteiger partial charge in [-0.25, -0.2) is 15.0 Å². The first-order chi connectivity index (χ1) is 16.6. The van der Waals surface area contributed by atoms with Crippen LogP contribution in [-0.2, 0) is 16.0 Å². The van der Waals surface area contributed by atoms with Crippen molar-refractivity contribution in [1.82, 2.24) is 15.0 Å². The number of carbonyl (C=O) groups excluding carboxylic acids is 2. The molecule has 2 aromatic heterocycles. The van der Waals surface area contributed by atoms with Crippen LogP contribution in [0, 0.1) is 5.92 Å². The summed E-state index contributed by atoms with van der Waals surface area (Å²) in [6.07, 6.45) is 5.39. The molecule has 1 aromatic carbocycles. The van der Waals surface area contributed by atoms with Crippen LogP contribution >= 0.6 is 11.3 Å². The minimum absolute atomic E-state index is 0.0671. The second-order valence-corrected chi connectivity index (χ2v) is 9.04. The molecule has 0 radical (unpaired) electrons. The summed E-state index contributed by atoms with van der Waals surface area (Å²) in [6, 6.07) is 6.03. The van der Waals surface area contributed by atoms with Crippen LogP contribution < -0.4 is 15.0 Å². The Kier molecular flexibility index (Phi) is 6.39. The molecule has 1 amide bonds. The van der Waals surface area contributed by atoms with Gasteiger partial charge in [0.1, 0.15) is 17.3 Å². The summed E-state index contributed by atoms with van der Waals surface area (Å²) in [7, 11) is 0. The summed E-state index contributed by atoms with van der Waals surface area (Å²) in [5.74, 6) is 1.07. The zero-order valence-corrected chi connectivity index (χ0v) is 19.6. The molecule has 2 aliphatic rings. The number of ether oxygens (including phenoxy) is 2. The van der Waals surface area contributed by atoms with Crippen LogP contribution in [-0.4, -0.2) is 53.1 Å². The van der Waals surface area contributed by atoms with E-state index in [2.05, 4.69) is 31.2 Å². The topological polar surface area (TPSA) is 107 Å². The lowest BCUT2D eigenvalue weighted by Gasteiger charge is -2.31. The smallest absolute Gasteiger partial charge is 0.309 e. The fraction of sp³-hybridized carbons (Fsp3) is 0.375. The van der Waals surface area contributed by atoms with Crippen molar-refractivity contribution in [2.75, 3.05) is 36.5 Å². The van der Waals surface area contributed by atoms with Gasteiger partial charge in [-0.1, -0.05) is 0 Å². The van der Waals surface area contributed by atoms with E-state index >= 15 is 0 Å². The maximum absolute atomic E-state index is 12.7. The van der Waals surface area contributed by atoms with Crippen LogP contribution in [0.15, 0.2) is 36.0 Å². The molecular weight excluding hydrogens is 454 g/mol. The molecule has 176 valence electrons. The molecule has 5 rings (SSSR count). The van der Waals surface area contributed by atoms with Crippen molar-refractivity contribution in [3.05, 3.63) is 47.2 Å². The molecule has 0 atom stereocenters. The summed E-state index contributed by atoms with van der Waals surface area (Å²) in [4.78, 5) is 39.9. The quantitative estimate of drug-likeness (QED) is 0.535. The molecule has 0 bridgehead atoms. The molecule has 3 aromatic rings. The van der Waals surface area contributed by atoms with Gasteiger partial charge in [-0.2, -0.15) is 0 Å². The predicted molar refractivity (Wildman–Crippen MR) is 128 cm³/mol. The van der Waals surface area contributed by atoms with Gasteiger partial charge in [-0.15, -0.1) is 11.3 Å². The first-order valence-electron chi connectivity index (χ1n) is 11.4. The molecule has 0 spiro atoms. The molecule has 0 aliphatic carbocycles. The van der Waals surface area contributed by atoms with Crippen molar-refractivity contribution in [2.45, 2.75) is 26.2 Å². The Labute approximate surface area is 201 Å². The van der Waals surface area contributed by atoms with Gasteiger partial charge in [0.25, 0.3) is 5.91 Å². The maximum atomic E-state index is 12.7. The number of piperidine rings is 1. The average Bonchev–Trinajstić information content (AvgIpc) is 3.53. The summed E-state index contributed by atoms with van der Waals surface area (Å²) >= 11 is 1.36. The minimum Gasteiger partial charge on any atom is -0.493 e. The molecule has 34 heavy (non-hydrogen) atoms. The Morgan fingerprint density at radius 3 is 2.85 bits per heavy atom. The van der Waals surface area contributed by atoms with Crippen LogP contribution in [0.5, 0.6) is 5.75 Å². The number of hydrogen-bond donors (Lipinski definition) is 1. The van der Waals surface area contributed by atoms with E-state index in [1.165, 1.54) is 23.1 Å². The third-order valence-electron chi connectivity index (χ3n) is 6.02. The number of fused-ring (bicyclic) bond motifs is 1. The fourth-order valence-corrected chi connectivity index (χ4v) is 4.89. The number of nitrogens with one attached hydrogen (secondary N) is 1. The van der Waals surface area contributed by atoms with Crippen LogP contribution in [0.2, 0.25) is 0 Å². The summed E-state index contributed by atoms with van der Waals surface area (Å²) < 4.78 is 10.7. The standard InChI is InChI=1S/C24H25N5O4S/c1-2-32-23(31)15-5-8-29(9-6-15)21-13-25-18(12-26-21)22(30)28-24-27-19(14-34-24)16-3-4-20-17(11-16)7-10-33-20/h3-4,11-15H,2,5-10H2,1H3,(H,27,28,30). The first kappa shape index (κ1) is 22.3. The van der Waals surface area contributed by atoms with Gasteiger partial charge in [0.15, 0.2) is 5.13 Å². The highest BCUT2D eigenvalue weighted by Gasteiger charge is 2.27. The molecule has 4 heterocycles. The highest BCUT2D eigenvalue weighted by molar-refractivity contribution is 7.14. The van der Waals surface area contributed by atoms with Crippen molar-refractivity contribution >= 4 is 34.2 Å². The number of rotatable bonds is 6. The zero-order chi connectivity index (χ0) is 23.5.